The number of aryl methyl sites for hydroxylation is 1. The highest BCUT2D eigenvalue weighted by Crippen LogP contribution is 2.43. The highest BCUT2D eigenvalue weighted by atomic mass is 16.7. The third kappa shape index (κ3) is 2.83. The molecule has 5 nitrogen and oxygen atoms in total. The van der Waals surface area contributed by atoms with Gasteiger partial charge in [0.25, 0.3) is 0 Å². The third-order valence-corrected chi connectivity index (χ3v) is 4.59. The first-order chi connectivity index (χ1) is 10.1. The lowest BCUT2D eigenvalue weighted by Gasteiger charge is -2.32. The van der Waals surface area contributed by atoms with E-state index in [-0.39, 0.29) is 0 Å². The van der Waals surface area contributed by atoms with E-state index in [0.29, 0.717) is 11.5 Å². The summed E-state index contributed by atoms with van der Waals surface area (Å²) in [7, 11) is 2.68. The summed E-state index contributed by atoms with van der Waals surface area (Å²) in [5.41, 5.74) is 7.37. The predicted octanol–water partition coefficient (Wildman–Crippen LogP) is 2.64. The first-order valence-corrected chi connectivity index (χ1v) is 7.46. The van der Waals surface area contributed by atoms with Crippen LogP contribution in [0.2, 0.25) is 0 Å². The van der Waals surface area contributed by atoms with Gasteiger partial charge in [-0.3, -0.25) is 0 Å². The van der Waals surface area contributed by atoms with E-state index in [1.807, 2.05) is 46.8 Å². The highest BCUT2D eigenvalue weighted by Gasteiger charge is 2.54. The van der Waals surface area contributed by atoms with Crippen molar-refractivity contribution in [2.75, 3.05) is 14.2 Å². The molecule has 0 unspecified atom stereocenters. The summed E-state index contributed by atoms with van der Waals surface area (Å²) in [6, 6.07) is 3.87. The monoisotopic (exact) mass is 307 g/mol. The van der Waals surface area contributed by atoms with Crippen LogP contribution in [0.5, 0.6) is 11.5 Å². The zero-order chi connectivity index (χ0) is 16.7. The van der Waals surface area contributed by atoms with E-state index >= 15 is 0 Å². The van der Waals surface area contributed by atoms with Crippen LogP contribution in [0.1, 0.15) is 44.8 Å². The maximum atomic E-state index is 6.44. The Kier molecular flexibility index (Phi) is 4.48. The van der Waals surface area contributed by atoms with E-state index in [9.17, 15) is 0 Å². The van der Waals surface area contributed by atoms with Crippen LogP contribution >= 0.6 is 0 Å². The molecule has 0 aliphatic carbocycles. The summed E-state index contributed by atoms with van der Waals surface area (Å²) in [6.45, 7) is 9.99. The third-order valence-electron chi connectivity index (χ3n) is 4.59. The van der Waals surface area contributed by atoms with Crippen molar-refractivity contribution >= 4 is 7.12 Å². The molecule has 6 heteroatoms. The lowest BCUT2D eigenvalue weighted by Crippen LogP contribution is -2.41. The van der Waals surface area contributed by atoms with Crippen LogP contribution < -0.4 is 15.2 Å². The molecule has 22 heavy (non-hydrogen) atoms. The summed E-state index contributed by atoms with van der Waals surface area (Å²) in [6.07, 6.45) is 0. The zero-order valence-corrected chi connectivity index (χ0v) is 14.5. The van der Waals surface area contributed by atoms with Crippen LogP contribution in [0.15, 0.2) is 12.1 Å². The van der Waals surface area contributed by atoms with Crippen LogP contribution in [-0.4, -0.2) is 32.5 Å². The Balaban J connectivity index is 2.40. The van der Waals surface area contributed by atoms with Gasteiger partial charge in [-0.25, -0.2) is 0 Å². The Bertz CT molecular complexity index is 518. The van der Waals surface area contributed by atoms with E-state index in [1.165, 1.54) is 0 Å². The molecule has 1 saturated heterocycles. The second kappa shape index (κ2) is 5.76. The molecule has 0 aromatic heterocycles. The molecule has 1 aliphatic heterocycles. The number of nitrogens with two attached hydrogens (primary N) is 1. The Morgan fingerprint density at radius 2 is 1.41 bits per heavy atom. The average Bonchev–Trinajstić information content (AvgIpc) is 2.65. The zero-order valence-electron chi connectivity index (χ0n) is 14.5. The van der Waals surface area contributed by atoms with Gasteiger partial charge in [-0.1, -0.05) is 0 Å². The molecule has 1 aromatic carbocycles. The van der Waals surface area contributed by atoms with Gasteiger partial charge in [0.1, 0.15) is 11.5 Å². The Labute approximate surface area is 133 Å². The fourth-order valence-corrected chi connectivity index (χ4v) is 2.57. The topological polar surface area (TPSA) is 62.9 Å². The van der Waals surface area contributed by atoms with Crippen LogP contribution in [0.4, 0.5) is 0 Å². The number of hydrogen-bond donors (Lipinski definition) is 1. The molecule has 1 fully saturated rings. The van der Waals surface area contributed by atoms with Gasteiger partial charge in [-0.2, -0.15) is 0 Å². The van der Waals surface area contributed by atoms with E-state index in [2.05, 4.69) is 0 Å². The van der Waals surface area contributed by atoms with Crippen molar-refractivity contribution in [3.63, 3.8) is 0 Å². The molecule has 0 bridgehead atoms. The first-order valence-electron chi connectivity index (χ1n) is 7.46. The summed E-state index contributed by atoms with van der Waals surface area (Å²) >= 11 is 0. The van der Waals surface area contributed by atoms with Gasteiger partial charge < -0.3 is 24.5 Å². The van der Waals surface area contributed by atoms with Crippen molar-refractivity contribution in [3.8, 4) is 11.5 Å². The van der Waals surface area contributed by atoms with Crippen molar-refractivity contribution in [2.45, 2.75) is 51.8 Å². The quantitative estimate of drug-likeness (QED) is 0.866. The Morgan fingerprint density at radius 1 is 1.00 bits per heavy atom. The van der Waals surface area contributed by atoms with Crippen LogP contribution in [0.25, 0.3) is 0 Å². The molecular formula is C16H26BNO4. The lowest BCUT2D eigenvalue weighted by atomic mass is 9.74. The van der Waals surface area contributed by atoms with E-state index < -0.39 is 24.3 Å². The van der Waals surface area contributed by atoms with Crippen molar-refractivity contribution in [1.82, 2.24) is 0 Å². The average molecular weight is 307 g/mol. The van der Waals surface area contributed by atoms with Gasteiger partial charge in [0.15, 0.2) is 0 Å². The maximum Gasteiger partial charge on any atom is 0.480 e. The van der Waals surface area contributed by atoms with Gasteiger partial charge in [0.05, 0.1) is 36.9 Å². The number of hydrogen-bond acceptors (Lipinski definition) is 5. The van der Waals surface area contributed by atoms with E-state index in [4.69, 9.17) is 24.5 Å². The Morgan fingerprint density at radius 3 is 1.77 bits per heavy atom. The van der Waals surface area contributed by atoms with Gasteiger partial charge in [0.2, 0.25) is 0 Å². The van der Waals surface area contributed by atoms with Crippen molar-refractivity contribution in [3.05, 3.63) is 23.3 Å². The SMILES string of the molecule is COc1cc(C)cc(OC)c1[C@@H](N)B1OC(C)(C)C(C)(C)O1. The summed E-state index contributed by atoms with van der Waals surface area (Å²) in [5, 5.41) is 0. The molecule has 0 spiro atoms. The van der Waals surface area contributed by atoms with E-state index in [1.54, 1.807) is 14.2 Å². The number of methoxy groups -OCH3 is 2. The minimum absolute atomic E-state index is 0.430. The van der Waals surface area contributed by atoms with Gasteiger partial charge in [-0.15, -0.1) is 0 Å². The molecule has 1 aliphatic rings. The first kappa shape index (κ1) is 17.1. The molecule has 1 atom stereocenters. The summed E-state index contributed by atoms with van der Waals surface area (Å²) in [4.78, 5) is 0. The molecular weight excluding hydrogens is 281 g/mol. The second-order valence-electron chi connectivity index (χ2n) is 6.73. The van der Waals surface area contributed by atoms with Gasteiger partial charge in [0, 0.05) is 0 Å². The number of rotatable bonds is 4. The molecule has 1 aromatic rings. The van der Waals surface area contributed by atoms with E-state index in [0.717, 1.165) is 11.1 Å². The highest BCUT2D eigenvalue weighted by molar-refractivity contribution is 6.47. The largest absolute Gasteiger partial charge is 0.496 e. The smallest absolute Gasteiger partial charge is 0.480 e. The normalized spacial score (nSPS) is 20.8. The Hall–Kier alpha value is -1.24. The second-order valence-corrected chi connectivity index (χ2v) is 6.73. The predicted molar refractivity (Wildman–Crippen MR) is 87.3 cm³/mol. The van der Waals surface area contributed by atoms with Crippen LogP contribution in [0.3, 0.4) is 0 Å². The van der Waals surface area contributed by atoms with Gasteiger partial charge >= 0.3 is 7.12 Å². The fraction of sp³-hybridized carbons (Fsp3) is 0.625. The molecule has 2 rings (SSSR count). The molecule has 122 valence electrons. The fourth-order valence-electron chi connectivity index (χ4n) is 2.57. The summed E-state index contributed by atoms with van der Waals surface area (Å²) < 4.78 is 23.1. The van der Waals surface area contributed by atoms with Crippen molar-refractivity contribution in [1.29, 1.82) is 0 Å². The molecule has 0 amide bonds. The molecule has 0 radical (unpaired) electrons. The standard InChI is InChI=1S/C16H26BNO4/c1-10-8-11(19-6)13(12(9-10)20-7)14(18)17-21-15(2,3)16(4,5)22-17/h8-9,14H,18H2,1-7H3/t14-/m1/s1. The van der Waals surface area contributed by atoms with Crippen molar-refractivity contribution in [2.24, 2.45) is 5.73 Å². The number of benzene rings is 1. The van der Waals surface area contributed by atoms with Crippen LogP contribution in [-0.2, 0) is 9.31 Å². The van der Waals surface area contributed by atoms with Crippen LogP contribution in [0, 0.1) is 6.92 Å². The maximum absolute atomic E-state index is 6.44. The minimum atomic E-state index is -0.560. The van der Waals surface area contributed by atoms with Gasteiger partial charge in [-0.05, 0) is 52.3 Å². The number of ether oxygens (including phenoxy) is 2. The molecule has 0 saturated carbocycles. The summed E-state index contributed by atoms with van der Waals surface area (Å²) in [5.74, 6) is 0.852. The van der Waals surface area contributed by atoms with Crippen molar-refractivity contribution < 1.29 is 18.8 Å². The molecule has 1 heterocycles. The molecule has 2 N–H and O–H groups in total. The minimum Gasteiger partial charge on any atom is -0.496 e. The lowest BCUT2D eigenvalue weighted by molar-refractivity contribution is 0.00578.